The maximum absolute atomic E-state index is 12.7. The molecule has 0 bridgehead atoms. The first-order chi connectivity index (χ1) is 9.40. The monoisotopic (exact) mass is 373 g/mol. The van der Waals surface area contributed by atoms with Crippen molar-refractivity contribution < 1.29 is 13.2 Å². The van der Waals surface area contributed by atoms with Gasteiger partial charge in [-0.3, -0.25) is 4.72 Å². The zero-order valence-electron chi connectivity index (χ0n) is 12.8. The van der Waals surface area contributed by atoms with Crippen LogP contribution in [0.15, 0.2) is 17.0 Å². The summed E-state index contributed by atoms with van der Waals surface area (Å²) in [6.45, 7) is 9.49. The second-order valence-corrected chi connectivity index (χ2v) is 4.82. The molecule has 0 saturated heterocycles. The fraction of sp³-hybridized carbons (Fsp3) is 0.571. The van der Waals surface area contributed by atoms with Crippen molar-refractivity contribution in [1.29, 1.82) is 0 Å². The third-order valence-electron chi connectivity index (χ3n) is 2.09. The first-order valence-electron chi connectivity index (χ1n) is 6.50. The van der Waals surface area contributed by atoms with Gasteiger partial charge in [-0.1, -0.05) is 43.6 Å². The van der Waals surface area contributed by atoms with Gasteiger partial charge in [0.1, 0.15) is 0 Å². The molecule has 0 unspecified atom stereocenters. The van der Waals surface area contributed by atoms with Gasteiger partial charge < -0.3 is 0 Å². The third-order valence-corrected chi connectivity index (χ3v) is 3.59. The lowest BCUT2D eigenvalue weighted by molar-refractivity contribution is -0.138. The maximum Gasteiger partial charge on any atom is 0.416 e. The van der Waals surface area contributed by atoms with Crippen LogP contribution < -0.4 is 4.72 Å². The second kappa shape index (κ2) is 11.5. The van der Waals surface area contributed by atoms with E-state index in [9.17, 15) is 13.2 Å². The Morgan fingerprint density at radius 2 is 1.65 bits per heavy atom. The highest BCUT2D eigenvalue weighted by atomic mass is 79.9. The fourth-order valence-corrected chi connectivity index (χ4v) is 2.35. The van der Waals surface area contributed by atoms with Gasteiger partial charge in [0.15, 0.2) is 0 Å². The van der Waals surface area contributed by atoms with Crippen LogP contribution in [-0.2, 0) is 11.5 Å². The van der Waals surface area contributed by atoms with E-state index in [0.717, 1.165) is 0 Å². The SMILES string of the molecule is CC.CC.CNSc1cc(CBr)cc(C(F)(F)F)c1C. The maximum atomic E-state index is 12.7. The van der Waals surface area contributed by atoms with Crippen LogP contribution in [-0.4, -0.2) is 7.05 Å². The summed E-state index contributed by atoms with van der Waals surface area (Å²) in [5.41, 5.74) is 0.314. The molecule has 0 aromatic heterocycles. The molecule has 1 aromatic carbocycles. The summed E-state index contributed by atoms with van der Waals surface area (Å²) >= 11 is 4.36. The summed E-state index contributed by atoms with van der Waals surface area (Å²) < 4.78 is 41.0. The van der Waals surface area contributed by atoms with E-state index in [-0.39, 0.29) is 5.56 Å². The lowest BCUT2D eigenvalue weighted by atomic mass is 10.1. The van der Waals surface area contributed by atoms with E-state index in [1.807, 2.05) is 27.7 Å². The second-order valence-electron chi connectivity index (χ2n) is 3.20. The molecule has 1 N–H and O–H groups in total. The molecular weight excluding hydrogens is 351 g/mol. The highest BCUT2D eigenvalue weighted by Gasteiger charge is 2.33. The van der Waals surface area contributed by atoms with E-state index in [1.165, 1.54) is 24.9 Å². The number of rotatable bonds is 3. The van der Waals surface area contributed by atoms with E-state index in [1.54, 1.807) is 13.1 Å². The molecule has 1 rings (SSSR count). The van der Waals surface area contributed by atoms with Gasteiger partial charge in [0.05, 0.1) is 5.56 Å². The molecular formula is C14H23BrF3NS. The van der Waals surface area contributed by atoms with Crippen molar-refractivity contribution in [3.63, 3.8) is 0 Å². The largest absolute Gasteiger partial charge is 0.416 e. The topological polar surface area (TPSA) is 12.0 Å². The number of alkyl halides is 4. The molecule has 0 aliphatic rings. The van der Waals surface area contributed by atoms with Gasteiger partial charge in [0, 0.05) is 10.2 Å². The minimum atomic E-state index is -4.30. The number of nitrogens with one attached hydrogen (secondary N) is 1. The van der Waals surface area contributed by atoms with Crippen LogP contribution >= 0.6 is 27.9 Å². The van der Waals surface area contributed by atoms with Crippen LogP contribution in [0.1, 0.15) is 44.4 Å². The Bertz CT molecular complexity index is 381. The van der Waals surface area contributed by atoms with Crippen molar-refractivity contribution >= 4 is 27.9 Å². The Balaban J connectivity index is 0. The molecule has 118 valence electrons. The Hall–Kier alpha value is -0.200. The van der Waals surface area contributed by atoms with Gasteiger partial charge in [-0.15, -0.1) is 0 Å². The minimum absolute atomic E-state index is 0.261. The molecule has 0 aliphatic carbocycles. The van der Waals surface area contributed by atoms with Crippen molar-refractivity contribution in [2.75, 3.05) is 7.05 Å². The lowest BCUT2D eigenvalue weighted by Crippen LogP contribution is -2.09. The Labute approximate surface area is 133 Å². The molecule has 0 spiro atoms. The molecule has 0 amide bonds. The summed E-state index contributed by atoms with van der Waals surface area (Å²) in [6.07, 6.45) is -4.30. The predicted octanol–water partition coefficient (Wildman–Crippen LogP) is 6.19. The molecule has 0 saturated carbocycles. The summed E-state index contributed by atoms with van der Waals surface area (Å²) in [4.78, 5) is 0.603. The quantitative estimate of drug-likeness (QED) is 0.500. The van der Waals surface area contributed by atoms with Crippen LogP contribution in [0.2, 0.25) is 0 Å². The molecule has 0 radical (unpaired) electrons. The van der Waals surface area contributed by atoms with Gasteiger partial charge in [-0.25, -0.2) is 0 Å². The number of benzene rings is 1. The van der Waals surface area contributed by atoms with Crippen molar-refractivity contribution in [2.45, 2.75) is 51.0 Å². The highest BCUT2D eigenvalue weighted by molar-refractivity contribution is 9.08. The standard InChI is InChI=1S/C10H11BrF3NS.2C2H6/c1-6-8(10(12,13)14)3-7(5-11)4-9(6)16-15-2;2*1-2/h3-4,15H,5H2,1-2H3;2*1-2H3. The first-order valence-corrected chi connectivity index (χ1v) is 8.44. The average molecular weight is 374 g/mol. The Morgan fingerprint density at radius 1 is 1.15 bits per heavy atom. The molecule has 0 aliphatic heterocycles. The van der Waals surface area contributed by atoms with Gasteiger partial charge in [-0.2, -0.15) is 13.2 Å². The molecule has 6 heteroatoms. The third kappa shape index (κ3) is 6.99. The Morgan fingerprint density at radius 3 is 2.00 bits per heavy atom. The van der Waals surface area contributed by atoms with E-state index < -0.39 is 11.7 Å². The van der Waals surface area contributed by atoms with E-state index in [0.29, 0.717) is 15.8 Å². The smallest absolute Gasteiger partial charge is 0.263 e. The molecule has 1 nitrogen and oxygen atoms in total. The molecule has 0 heterocycles. The van der Waals surface area contributed by atoms with E-state index in [4.69, 9.17) is 0 Å². The number of halogens is 4. The van der Waals surface area contributed by atoms with Crippen LogP contribution in [0.5, 0.6) is 0 Å². The molecule has 20 heavy (non-hydrogen) atoms. The van der Waals surface area contributed by atoms with Gasteiger partial charge in [-0.05, 0) is 49.2 Å². The van der Waals surface area contributed by atoms with Crippen molar-refractivity contribution in [3.8, 4) is 0 Å². The normalized spacial score (nSPS) is 10.1. The zero-order chi connectivity index (χ0) is 16.3. The zero-order valence-corrected chi connectivity index (χ0v) is 15.2. The van der Waals surface area contributed by atoms with Gasteiger partial charge >= 0.3 is 6.18 Å². The lowest BCUT2D eigenvalue weighted by Gasteiger charge is -2.15. The van der Waals surface area contributed by atoms with E-state index >= 15 is 0 Å². The molecule has 0 atom stereocenters. The molecule has 1 aromatic rings. The fourth-order valence-electron chi connectivity index (χ4n) is 1.33. The molecule has 0 fully saturated rings. The van der Waals surface area contributed by atoms with E-state index in [2.05, 4.69) is 20.7 Å². The van der Waals surface area contributed by atoms with Crippen molar-refractivity contribution in [1.82, 2.24) is 4.72 Å². The van der Waals surface area contributed by atoms with Crippen LogP contribution in [0.25, 0.3) is 0 Å². The highest BCUT2D eigenvalue weighted by Crippen LogP contribution is 2.36. The first kappa shape index (κ1) is 22.1. The summed E-state index contributed by atoms with van der Waals surface area (Å²) in [7, 11) is 1.68. The van der Waals surface area contributed by atoms with Gasteiger partial charge in [0.2, 0.25) is 0 Å². The average Bonchev–Trinajstić information content (AvgIpc) is 2.44. The van der Waals surface area contributed by atoms with Crippen LogP contribution in [0.4, 0.5) is 13.2 Å². The van der Waals surface area contributed by atoms with Crippen LogP contribution in [0, 0.1) is 6.92 Å². The summed E-state index contributed by atoms with van der Waals surface area (Å²) in [5, 5.41) is 0.410. The van der Waals surface area contributed by atoms with Crippen molar-refractivity contribution in [3.05, 3.63) is 28.8 Å². The summed E-state index contributed by atoms with van der Waals surface area (Å²) in [5.74, 6) is 0. The Kier molecular flexibility index (Phi) is 12.7. The van der Waals surface area contributed by atoms with Crippen LogP contribution in [0.3, 0.4) is 0 Å². The predicted molar refractivity (Wildman–Crippen MR) is 86.4 cm³/mol. The number of hydrogen-bond acceptors (Lipinski definition) is 2. The minimum Gasteiger partial charge on any atom is -0.263 e. The number of hydrogen-bond donors (Lipinski definition) is 1. The van der Waals surface area contributed by atoms with Gasteiger partial charge in [0.25, 0.3) is 0 Å². The van der Waals surface area contributed by atoms with Crippen molar-refractivity contribution in [2.24, 2.45) is 0 Å². The summed E-state index contributed by atoms with van der Waals surface area (Å²) in [6, 6.07) is 2.93.